The molecule has 15 heavy (non-hydrogen) atoms. The quantitative estimate of drug-likeness (QED) is 0.779. The number of pyridine rings is 1. The molecule has 0 atom stereocenters. The van der Waals surface area contributed by atoms with Gasteiger partial charge in [-0.2, -0.15) is 0 Å². The van der Waals surface area contributed by atoms with Crippen LogP contribution in [0.5, 0.6) is 5.88 Å². The van der Waals surface area contributed by atoms with Crippen LogP contribution in [0.1, 0.15) is 5.56 Å². The fraction of sp³-hybridized carbons (Fsp3) is 0.500. The van der Waals surface area contributed by atoms with E-state index in [9.17, 15) is 4.39 Å². The standard InChI is InChI=1S/C10H16FN3O/c1-14(2)5-6-15-10-9(11)8(7-12)3-4-13-10/h3-4H,5-7,12H2,1-2H3. The van der Waals surface area contributed by atoms with Gasteiger partial charge in [-0.05, 0) is 20.2 Å². The third kappa shape index (κ3) is 3.45. The van der Waals surface area contributed by atoms with E-state index in [2.05, 4.69) is 4.98 Å². The Balaban J connectivity index is 2.61. The van der Waals surface area contributed by atoms with Crippen molar-refractivity contribution in [3.05, 3.63) is 23.6 Å². The van der Waals surface area contributed by atoms with Crippen molar-refractivity contribution in [1.29, 1.82) is 0 Å². The number of hydrogen-bond acceptors (Lipinski definition) is 4. The second-order valence-corrected chi connectivity index (χ2v) is 3.45. The number of nitrogens with zero attached hydrogens (tertiary/aromatic N) is 2. The molecular formula is C10H16FN3O. The fourth-order valence-electron chi connectivity index (χ4n) is 1.05. The molecule has 84 valence electrons. The number of hydrogen-bond donors (Lipinski definition) is 1. The summed E-state index contributed by atoms with van der Waals surface area (Å²) in [5.74, 6) is -0.432. The van der Waals surface area contributed by atoms with Crippen LogP contribution < -0.4 is 10.5 Å². The second-order valence-electron chi connectivity index (χ2n) is 3.45. The molecule has 2 N–H and O–H groups in total. The number of aromatic nitrogens is 1. The van der Waals surface area contributed by atoms with Gasteiger partial charge >= 0.3 is 0 Å². The van der Waals surface area contributed by atoms with E-state index < -0.39 is 5.82 Å². The van der Waals surface area contributed by atoms with Crippen LogP contribution in [-0.4, -0.2) is 37.1 Å². The first kappa shape index (κ1) is 11.9. The predicted octanol–water partition coefficient (Wildman–Crippen LogP) is 0.620. The molecule has 0 aliphatic carbocycles. The van der Waals surface area contributed by atoms with Crippen molar-refractivity contribution >= 4 is 0 Å². The van der Waals surface area contributed by atoms with Gasteiger partial charge in [0.1, 0.15) is 6.61 Å². The zero-order valence-corrected chi connectivity index (χ0v) is 9.03. The van der Waals surface area contributed by atoms with Gasteiger partial charge in [-0.15, -0.1) is 0 Å². The topological polar surface area (TPSA) is 51.4 Å². The molecule has 0 aliphatic rings. The highest BCUT2D eigenvalue weighted by Crippen LogP contribution is 2.16. The summed E-state index contributed by atoms with van der Waals surface area (Å²) < 4.78 is 18.7. The minimum Gasteiger partial charge on any atom is -0.474 e. The van der Waals surface area contributed by atoms with Gasteiger partial charge in [-0.3, -0.25) is 0 Å². The van der Waals surface area contributed by atoms with Crippen molar-refractivity contribution in [3.8, 4) is 5.88 Å². The van der Waals surface area contributed by atoms with E-state index in [-0.39, 0.29) is 12.4 Å². The van der Waals surface area contributed by atoms with E-state index in [1.165, 1.54) is 6.20 Å². The van der Waals surface area contributed by atoms with Crippen LogP contribution in [-0.2, 0) is 6.54 Å². The SMILES string of the molecule is CN(C)CCOc1nccc(CN)c1F. The summed E-state index contributed by atoms with van der Waals surface area (Å²) in [6, 6.07) is 1.55. The summed E-state index contributed by atoms with van der Waals surface area (Å²) in [7, 11) is 3.84. The Kier molecular flexibility index (Phi) is 4.45. The van der Waals surface area contributed by atoms with Crippen molar-refractivity contribution < 1.29 is 9.13 Å². The van der Waals surface area contributed by atoms with Gasteiger partial charge in [0, 0.05) is 24.8 Å². The Hall–Kier alpha value is -1.20. The van der Waals surface area contributed by atoms with Crippen molar-refractivity contribution in [2.75, 3.05) is 27.2 Å². The summed E-state index contributed by atoms with van der Waals surface area (Å²) >= 11 is 0. The lowest BCUT2D eigenvalue weighted by Crippen LogP contribution is -2.20. The first-order chi connectivity index (χ1) is 7.15. The summed E-state index contributed by atoms with van der Waals surface area (Å²) in [5, 5.41) is 0. The van der Waals surface area contributed by atoms with E-state index in [0.717, 1.165) is 0 Å². The molecule has 0 unspecified atom stereocenters. The molecule has 0 amide bonds. The van der Waals surface area contributed by atoms with Crippen LogP contribution in [0.4, 0.5) is 4.39 Å². The number of rotatable bonds is 5. The average molecular weight is 213 g/mol. The maximum atomic E-state index is 13.5. The number of ether oxygens (including phenoxy) is 1. The second kappa shape index (κ2) is 5.63. The normalized spacial score (nSPS) is 10.7. The zero-order chi connectivity index (χ0) is 11.3. The molecule has 0 saturated carbocycles. The van der Waals surface area contributed by atoms with Crippen LogP contribution in [0, 0.1) is 5.82 Å². The van der Waals surface area contributed by atoms with E-state index in [4.69, 9.17) is 10.5 Å². The molecule has 1 rings (SSSR count). The van der Waals surface area contributed by atoms with Crippen molar-refractivity contribution in [2.45, 2.75) is 6.54 Å². The molecule has 0 radical (unpaired) electrons. The molecule has 0 aliphatic heterocycles. The van der Waals surface area contributed by atoms with Gasteiger partial charge in [0.05, 0.1) is 0 Å². The number of nitrogens with two attached hydrogens (primary N) is 1. The highest BCUT2D eigenvalue weighted by atomic mass is 19.1. The first-order valence-corrected chi connectivity index (χ1v) is 4.76. The van der Waals surface area contributed by atoms with Crippen molar-refractivity contribution in [2.24, 2.45) is 5.73 Å². The fourth-order valence-corrected chi connectivity index (χ4v) is 1.05. The Bertz CT molecular complexity index is 318. The molecule has 0 saturated heterocycles. The maximum Gasteiger partial charge on any atom is 0.250 e. The Labute approximate surface area is 88.9 Å². The smallest absolute Gasteiger partial charge is 0.250 e. The van der Waals surface area contributed by atoms with Crippen molar-refractivity contribution in [1.82, 2.24) is 9.88 Å². The molecule has 1 heterocycles. The van der Waals surface area contributed by atoms with Crippen LogP contribution in [0.25, 0.3) is 0 Å². The molecule has 1 aromatic heterocycles. The number of halogens is 1. The minimum atomic E-state index is -0.459. The third-order valence-corrected chi connectivity index (χ3v) is 1.93. The summed E-state index contributed by atoms with van der Waals surface area (Å²) in [6.45, 7) is 1.28. The molecule has 1 aromatic rings. The summed E-state index contributed by atoms with van der Waals surface area (Å²) in [5.41, 5.74) is 5.79. The maximum absolute atomic E-state index is 13.5. The molecule has 0 aromatic carbocycles. The molecule has 4 nitrogen and oxygen atoms in total. The van der Waals surface area contributed by atoms with Crippen molar-refractivity contribution in [3.63, 3.8) is 0 Å². The van der Waals surface area contributed by atoms with E-state index in [1.54, 1.807) is 6.07 Å². The molecular weight excluding hydrogens is 197 g/mol. The lowest BCUT2D eigenvalue weighted by molar-refractivity contribution is 0.243. The predicted molar refractivity (Wildman–Crippen MR) is 56.1 cm³/mol. The third-order valence-electron chi connectivity index (χ3n) is 1.93. The van der Waals surface area contributed by atoms with Gasteiger partial charge < -0.3 is 15.4 Å². The monoisotopic (exact) mass is 213 g/mol. The van der Waals surface area contributed by atoms with E-state index >= 15 is 0 Å². The average Bonchev–Trinajstić information content (AvgIpc) is 2.20. The van der Waals surface area contributed by atoms with Gasteiger partial charge in [-0.25, -0.2) is 9.37 Å². The van der Waals surface area contributed by atoms with Crippen LogP contribution in [0.15, 0.2) is 12.3 Å². The van der Waals surface area contributed by atoms with E-state index in [1.807, 2.05) is 19.0 Å². The highest BCUT2D eigenvalue weighted by molar-refractivity contribution is 5.23. The Morgan fingerprint density at radius 1 is 1.53 bits per heavy atom. The lowest BCUT2D eigenvalue weighted by Gasteiger charge is -2.11. The van der Waals surface area contributed by atoms with E-state index in [0.29, 0.717) is 18.7 Å². The highest BCUT2D eigenvalue weighted by Gasteiger charge is 2.09. The van der Waals surface area contributed by atoms with Crippen LogP contribution in [0.2, 0.25) is 0 Å². The van der Waals surface area contributed by atoms with Crippen LogP contribution in [0.3, 0.4) is 0 Å². The summed E-state index contributed by atoms with van der Waals surface area (Å²) in [6.07, 6.45) is 1.50. The molecule has 5 heteroatoms. The first-order valence-electron chi connectivity index (χ1n) is 4.76. The van der Waals surface area contributed by atoms with Crippen LogP contribution >= 0.6 is 0 Å². The van der Waals surface area contributed by atoms with Gasteiger partial charge in [-0.1, -0.05) is 0 Å². The largest absolute Gasteiger partial charge is 0.474 e. The minimum absolute atomic E-state index is 0.0276. The Morgan fingerprint density at radius 3 is 2.87 bits per heavy atom. The Morgan fingerprint density at radius 2 is 2.27 bits per heavy atom. The zero-order valence-electron chi connectivity index (χ0n) is 9.03. The van der Waals surface area contributed by atoms with Gasteiger partial charge in [0.15, 0.2) is 5.82 Å². The lowest BCUT2D eigenvalue weighted by atomic mass is 10.2. The summed E-state index contributed by atoms with van der Waals surface area (Å²) in [4.78, 5) is 5.76. The molecule has 0 fully saturated rings. The van der Waals surface area contributed by atoms with Gasteiger partial charge in [0.2, 0.25) is 0 Å². The molecule has 0 bridgehead atoms. The molecule has 0 spiro atoms. The van der Waals surface area contributed by atoms with Gasteiger partial charge in [0.25, 0.3) is 5.88 Å². The number of likely N-dealkylation sites (N-methyl/N-ethyl adjacent to an activating group) is 1.